The molecule has 1 aliphatic rings. The summed E-state index contributed by atoms with van der Waals surface area (Å²) in [5.41, 5.74) is 0. The predicted molar refractivity (Wildman–Crippen MR) is 66.3 cm³/mol. The van der Waals surface area contributed by atoms with E-state index in [1.165, 1.54) is 9.75 Å². The van der Waals surface area contributed by atoms with Crippen LogP contribution < -0.4 is 0 Å². The van der Waals surface area contributed by atoms with Crippen LogP contribution in [0.1, 0.15) is 16.7 Å². The fraction of sp³-hybridized carbons (Fsp3) is 0.583. The largest absolute Gasteiger partial charge is 0.480 e. The normalized spacial score (nSPS) is 21.6. The smallest absolute Gasteiger partial charge is 0.323 e. The molecule has 1 atom stereocenters. The van der Waals surface area contributed by atoms with Crippen LogP contribution in [0.2, 0.25) is 0 Å². The van der Waals surface area contributed by atoms with Crippen LogP contribution in [-0.2, 0) is 22.5 Å². The standard InChI is InChI=1S/C12H17NO3S/c1-2-9-3-4-10(17-9)7-13-5-6-16-8-11(13)12(14)15/h3-4,11H,2,5-8H2,1H3,(H,14,15). The van der Waals surface area contributed by atoms with Crippen molar-refractivity contribution in [2.45, 2.75) is 25.9 Å². The van der Waals surface area contributed by atoms with Crippen molar-refractivity contribution in [3.63, 3.8) is 0 Å². The van der Waals surface area contributed by atoms with E-state index in [0.717, 1.165) is 6.42 Å². The second kappa shape index (κ2) is 5.62. The van der Waals surface area contributed by atoms with Gasteiger partial charge >= 0.3 is 5.97 Å². The number of nitrogens with zero attached hydrogens (tertiary/aromatic N) is 1. The summed E-state index contributed by atoms with van der Waals surface area (Å²) in [7, 11) is 0. The third-order valence-corrected chi connectivity index (χ3v) is 4.16. The fourth-order valence-electron chi connectivity index (χ4n) is 1.95. The van der Waals surface area contributed by atoms with E-state index in [9.17, 15) is 4.79 Å². The Labute approximate surface area is 105 Å². The van der Waals surface area contributed by atoms with E-state index >= 15 is 0 Å². The second-order valence-electron chi connectivity index (χ2n) is 4.12. The third kappa shape index (κ3) is 3.06. The molecule has 1 N–H and O–H groups in total. The zero-order chi connectivity index (χ0) is 12.3. The molecule has 94 valence electrons. The van der Waals surface area contributed by atoms with Crippen molar-refractivity contribution in [3.8, 4) is 0 Å². The Balaban J connectivity index is 2.02. The molecule has 0 spiro atoms. The van der Waals surface area contributed by atoms with Crippen LogP contribution in [0.15, 0.2) is 12.1 Å². The van der Waals surface area contributed by atoms with E-state index in [4.69, 9.17) is 9.84 Å². The van der Waals surface area contributed by atoms with Gasteiger partial charge in [-0.15, -0.1) is 11.3 Å². The highest BCUT2D eigenvalue weighted by Gasteiger charge is 2.29. The number of carboxylic acids is 1. The van der Waals surface area contributed by atoms with Crippen LogP contribution >= 0.6 is 11.3 Å². The molecule has 2 rings (SSSR count). The molecular formula is C12H17NO3S. The molecule has 0 radical (unpaired) electrons. The van der Waals surface area contributed by atoms with Gasteiger partial charge in [-0.2, -0.15) is 0 Å². The number of rotatable bonds is 4. The number of ether oxygens (including phenoxy) is 1. The number of hydrogen-bond acceptors (Lipinski definition) is 4. The van der Waals surface area contributed by atoms with Crippen LogP contribution in [0.3, 0.4) is 0 Å². The van der Waals surface area contributed by atoms with Gasteiger partial charge in [-0.25, -0.2) is 0 Å². The van der Waals surface area contributed by atoms with Gasteiger partial charge in [0.1, 0.15) is 6.04 Å². The van der Waals surface area contributed by atoms with Crippen molar-refractivity contribution >= 4 is 17.3 Å². The maximum Gasteiger partial charge on any atom is 0.323 e. The van der Waals surface area contributed by atoms with E-state index in [0.29, 0.717) is 26.3 Å². The summed E-state index contributed by atoms with van der Waals surface area (Å²) < 4.78 is 5.22. The highest BCUT2D eigenvalue weighted by atomic mass is 32.1. The molecule has 0 aliphatic carbocycles. The van der Waals surface area contributed by atoms with Gasteiger partial charge < -0.3 is 9.84 Å². The Bertz CT molecular complexity index is 391. The van der Waals surface area contributed by atoms with Gasteiger partial charge in [0.15, 0.2) is 0 Å². The summed E-state index contributed by atoms with van der Waals surface area (Å²) in [4.78, 5) is 15.7. The van der Waals surface area contributed by atoms with Crippen LogP contribution in [0.4, 0.5) is 0 Å². The number of aliphatic carboxylic acids is 1. The molecule has 5 heteroatoms. The highest BCUT2D eigenvalue weighted by molar-refractivity contribution is 7.11. The number of thiophene rings is 1. The van der Waals surface area contributed by atoms with Crippen molar-refractivity contribution in [2.24, 2.45) is 0 Å². The zero-order valence-electron chi connectivity index (χ0n) is 9.89. The number of aryl methyl sites for hydroxylation is 1. The van der Waals surface area contributed by atoms with Crippen LogP contribution in [0.25, 0.3) is 0 Å². The minimum atomic E-state index is -0.794. The van der Waals surface area contributed by atoms with Crippen LogP contribution in [0.5, 0.6) is 0 Å². The molecule has 2 heterocycles. The Kier molecular flexibility index (Phi) is 4.15. The summed E-state index contributed by atoms with van der Waals surface area (Å²) >= 11 is 1.76. The van der Waals surface area contributed by atoms with E-state index in [2.05, 4.69) is 19.1 Å². The van der Waals surface area contributed by atoms with Crippen molar-refractivity contribution in [3.05, 3.63) is 21.9 Å². The molecule has 0 bridgehead atoms. The lowest BCUT2D eigenvalue weighted by Gasteiger charge is -2.32. The van der Waals surface area contributed by atoms with Crippen LogP contribution in [0, 0.1) is 0 Å². The molecule has 1 unspecified atom stereocenters. The number of carboxylic acid groups (broad SMARTS) is 1. The van der Waals surface area contributed by atoms with Gasteiger partial charge in [0, 0.05) is 22.8 Å². The lowest BCUT2D eigenvalue weighted by Crippen LogP contribution is -2.49. The molecule has 4 nitrogen and oxygen atoms in total. The summed E-state index contributed by atoms with van der Waals surface area (Å²) in [6.07, 6.45) is 1.04. The number of morpholine rings is 1. The molecule has 17 heavy (non-hydrogen) atoms. The minimum Gasteiger partial charge on any atom is -0.480 e. The molecule has 1 aromatic heterocycles. The van der Waals surface area contributed by atoms with Gasteiger partial charge in [-0.05, 0) is 18.6 Å². The minimum absolute atomic E-state index is 0.293. The Morgan fingerprint density at radius 3 is 3.00 bits per heavy atom. The summed E-state index contributed by atoms with van der Waals surface area (Å²) in [5, 5.41) is 9.12. The summed E-state index contributed by atoms with van der Waals surface area (Å²) in [6.45, 7) is 4.45. The zero-order valence-corrected chi connectivity index (χ0v) is 10.7. The first-order valence-corrected chi connectivity index (χ1v) is 6.64. The maximum absolute atomic E-state index is 11.1. The molecule has 1 saturated heterocycles. The van der Waals surface area contributed by atoms with E-state index in [1.54, 1.807) is 11.3 Å². The van der Waals surface area contributed by atoms with Gasteiger partial charge in [0.25, 0.3) is 0 Å². The Morgan fingerprint density at radius 1 is 1.59 bits per heavy atom. The van der Waals surface area contributed by atoms with Crippen molar-refractivity contribution in [1.29, 1.82) is 0 Å². The van der Waals surface area contributed by atoms with Crippen LogP contribution in [-0.4, -0.2) is 41.8 Å². The first-order valence-electron chi connectivity index (χ1n) is 5.83. The quantitative estimate of drug-likeness (QED) is 0.887. The molecule has 0 saturated carbocycles. The highest BCUT2D eigenvalue weighted by Crippen LogP contribution is 2.20. The average Bonchev–Trinajstić information content (AvgIpc) is 2.77. The lowest BCUT2D eigenvalue weighted by atomic mass is 10.2. The predicted octanol–water partition coefficient (Wildman–Crippen LogP) is 1.60. The second-order valence-corrected chi connectivity index (χ2v) is 5.37. The monoisotopic (exact) mass is 255 g/mol. The van der Waals surface area contributed by atoms with Gasteiger partial charge in [0.05, 0.1) is 13.2 Å². The maximum atomic E-state index is 11.1. The Hall–Kier alpha value is -0.910. The lowest BCUT2D eigenvalue weighted by molar-refractivity contribution is -0.150. The average molecular weight is 255 g/mol. The SMILES string of the molecule is CCc1ccc(CN2CCOCC2C(=O)O)s1. The molecule has 1 aliphatic heterocycles. The first kappa shape index (κ1) is 12.5. The summed E-state index contributed by atoms with van der Waals surface area (Å²) in [5.74, 6) is -0.794. The van der Waals surface area contributed by atoms with Crippen molar-refractivity contribution < 1.29 is 14.6 Å². The van der Waals surface area contributed by atoms with Gasteiger partial charge in [-0.3, -0.25) is 9.69 Å². The van der Waals surface area contributed by atoms with E-state index < -0.39 is 12.0 Å². The molecule has 1 fully saturated rings. The number of carbonyl (C=O) groups is 1. The van der Waals surface area contributed by atoms with Gasteiger partial charge in [-0.1, -0.05) is 6.92 Å². The summed E-state index contributed by atoms with van der Waals surface area (Å²) in [6, 6.07) is 3.71. The first-order chi connectivity index (χ1) is 8.20. The third-order valence-electron chi connectivity index (χ3n) is 2.95. The fourth-order valence-corrected chi connectivity index (χ4v) is 2.94. The molecule has 0 aromatic carbocycles. The van der Waals surface area contributed by atoms with Crippen molar-refractivity contribution in [1.82, 2.24) is 4.90 Å². The topological polar surface area (TPSA) is 49.8 Å². The molecule has 1 aromatic rings. The molecular weight excluding hydrogens is 238 g/mol. The van der Waals surface area contributed by atoms with Crippen molar-refractivity contribution in [2.75, 3.05) is 19.8 Å². The molecule has 0 amide bonds. The van der Waals surface area contributed by atoms with E-state index in [1.807, 2.05) is 4.90 Å². The number of hydrogen-bond donors (Lipinski definition) is 1. The Morgan fingerprint density at radius 2 is 2.35 bits per heavy atom. The van der Waals surface area contributed by atoms with E-state index in [-0.39, 0.29) is 0 Å². The van der Waals surface area contributed by atoms with Gasteiger partial charge in [0.2, 0.25) is 0 Å².